The fourth-order valence-electron chi connectivity index (χ4n) is 0.639. The molecule has 10 heavy (non-hydrogen) atoms. The molecular formula is C7H7NOS. The van der Waals surface area contributed by atoms with Gasteiger partial charge in [-0.3, -0.25) is 4.98 Å². The molecule has 52 valence electrons. The lowest BCUT2D eigenvalue weighted by molar-refractivity contribution is 0.254. The quantitative estimate of drug-likeness (QED) is 0.646. The number of hydrogen-bond donors (Lipinski definition) is 1. The van der Waals surface area contributed by atoms with Crippen molar-refractivity contribution in [2.24, 2.45) is 0 Å². The van der Waals surface area contributed by atoms with Crippen LogP contribution in [-0.2, 0) is 0 Å². The summed E-state index contributed by atoms with van der Waals surface area (Å²) in [6.45, 7) is 0. The predicted octanol–water partition coefficient (Wildman–Crippen LogP) is 1.11. The molecule has 0 saturated heterocycles. The topological polar surface area (TPSA) is 33.1 Å². The zero-order valence-electron chi connectivity index (χ0n) is 5.27. The Hall–Kier alpha value is -0.800. The summed E-state index contributed by atoms with van der Waals surface area (Å²) in [7, 11) is 0. The normalized spacial score (nSPS) is 12.5. The van der Waals surface area contributed by atoms with Crippen LogP contribution in [0.5, 0.6) is 0 Å². The maximum atomic E-state index is 9.14. The minimum absolute atomic E-state index is 0.641. The molecule has 0 aliphatic rings. The van der Waals surface area contributed by atoms with E-state index >= 15 is 0 Å². The molecule has 0 aliphatic carbocycles. The highest BCUT2D eigenvalue weighted by molar-refractivity contribution is 7.79. The van der Waals surface area contributed by atoms with Gasteiger partial charge in [-0.2, -0.15) is 0 Å². The molecule has 1 N–H and O–H groups in total. The summed E-state index contributed by atoms with van der Waals surface area (Å²) in [4.78, 5) is 3.80. The molecule has 1 rings (SSSR count). The first kappa shape index (κ1) is 7.31. The van der Waals surface area contributed by atoms with Crippen molar-refractivity contribution in [3.63, 3.8) is 0 Å². The zero-order chi connectivity index (χ0) is 7.40. The minimum atomic E-state index is -0.641. The lowest BCUT2D eigenvalue weighted by atomic mass is 10.2. The molecule has 0 bridgehead atoms. The molecule has 0 saturated carbocycles. The lowest BCUT2D eigenvalue weighted by Gasteiger charge is -2.01. The summed E-state index contributed by atoms with van der Waals surface area (Å²) in [5.74, 6) is 0. The molecule has 0 radical (unpaired) electrons. The number of aliphatic hydroxyl groups is 1. The number of nitrogens with zero attached hydrogens (tertiary/aromatic N) is 1. The first-order valence-corrected chi connectivity index (χ1v) is 3.35. The van der Waals surface area contributed by atoms with Crippen molar-refractivity contribution in [2.45, 2.75) is 6.10 Å². The van der Waals surface area contributed by atoms with Crippen molar-refractivity contribution in [1.29, 1.82) is 0 Å². The third-order valence-corrected chi connectivity index (χ3v) is 1.43. The number of aliphatic hydroxyl groups excluding tert-OH is 1. The Morgan fingerprint density at radius 3 is 2.60 bits per heavy atom. The van der Waals surface area contributed by atoms with Crippen LogP contribution in [0, 0.1) is 0 Å². The summed E-state index contributed by atoms with van der Waals surface area (Å²) < 4.78 is 0. The van der Waals surface area contributed by atoms with Gasteiger partial charge >= 0.3 is 0 Å². The minimum Gasteiger partial charge on any atom is -0.383 e. The fourth-order valence-corrected chi connectivity index (χ4v) is 0.796. The highest BCUT2D eigenvalue weighted by atomic mass is 32.1. The lowest BCUT2D eigenvalue weighted by Crippen LogP contribution is -1.95. The Morgan fingerprint density at radius 2 is 2.10 bits per heavy atom. The predicted molar refractivity (Wildman–Crippen MR) is 42.9 cm³/mol. The van der Waals surface area contributed by atoms with Crippen molar-refractivity contribution < 1.29 is 5.11 Å². The van der Waals surface area contributed by atoms with Gasteiger partial charge in [-0.05, 0) is 17.7 Å². The second-order valence-electron chi connectivity index (χ2n) is 1.86. The van der Waals surface area contributed by atoms with Gasteiger partial charge in [0.05, 0.1) is 0 Å². The highest BCUT2D eigenvalue weighted by Gasteiger charge is 1.99. The SMILES string of the molecule is OC(C=S)c1ccncc1. The van der Waals surface area contributed by atoms with Crippen LogP contribution in [0.1, 0.15) is 11.7 Å². The second kappa shape index (κ2) is 3.39. The van der Waals surface area contributed by atoms with Crippen molar-refractivity contribution in [3.8, 4) is 0 Å². The average molecular weight is 153 g/mol. The molecule has 0 amide bonds. The smallest absolute Gasteiger partial charge is 0.107 e. The van der Waals surface area contributed by atoms with Gasteiger partial charge in [-0.15, -0.1) is 0 Å². The summed E-state index contributed by atoms with van der Waals surface area (Å²) >= 11 is 4.56. The van der Waals surface area contributed by atoms with Gasteiger partial charge in [-0.25, -0.2) is 0 Å². The van der Waals surface area contributed by atoms with Gasteiger partial charge in [0, 0.05) is 17.8 Å². The van der Waals surface area contributed by atoms with Crippen LogP contribution < -0.4 is 0 Å². The Bertz CT molecular complexity index is 212. The van der Waals surface area contributed by atoms with Crippen LogP contribution in [0.2, 0.25) is 0 Å². The largest absolute Gasteiger partial charge is 0.383 e. The number of aromatic nitrogens is 1. The van der Waals surface area contributed by atoms with Gasteiger partial charge in [0.2, 0.25) is 0 Å². The van der Waals surface area contributed by atoms with Crippen LogP contribution in [0.3, 0.4) is 0 Å². The summed E-state index contributed by atoms with van der Waals surface area (Å²) in [5.41, 5.74) is 0.782. The van der Waals surface area contributed by atoms with Crippen LogP contribution in [0.15, 0.2) is 24.5 Å². The van der Waals surface area contributed by atoms with Crippen molar-refractivity contribution in [1.82, 2.24) is 4.98 Å². The molecule has 1 atom stereocenters. The van der Waals surface area contributed by atoms with E-state index in [2.05, 4.69) is 17.2 Å². The Kier molecular flexibility index (Phi) is 2.48. The molecule has 1 unspecified atom stereocenters. The van der Waals surface area contributed by atoms with Crippen LogP contribution >= 0.6 is 12.2 Å². The molecule has 2 nitrogen and oxygen atoms in total. The first-order chi connectivity index (χ1) is 4.84. The summed E-state index contributed by atoms with van der Waals surface area (Å²) in [5, 5.41) is 10.5. The van der Waals surface area contributed by atoms with E-state index in [1.807, 2.05) is 0 Å². The molecule has 0 aromatic carbocycles. The number of thiocarbonyl (C=S) groups is 1. The van der Waals surface area contributed by atoms with E-state index in [0.29, 0.717) is 0 Å². The second-order valence-corrected chi connectivity index (χ2v) is 2.13. The monoisotopic (exact) mass is 153 g/mol. The number of hydrogen-bond acceptors (Lipinski definition) is 3. The highest BCUT2D eigenvalue weighted by Crippen LogP contribution is 2.07. The molecule has 1 aromatic heterocycles. The Balaban J connectivity index is 2.84. The molecular weight excluding hydrogens is 146 g/mol. The molecule has 0 aliphatic heterocycles. The fraction of sp³-hybridized carbons (Fsp3) is 0.143. The van der Waals surface area contributed by atoms with Gasteiger partial charge in [0.1, 0.15) is 6.10 Å². The van der Waals surface area contributed by atoms with Crippen LogP contribution in [0.4, 0.5) is 0 Å². The number of rotatable bonds is 2. The van der Waals surface area contributed by atoms with E-state index in [0.717, 1.165) is 5.56 Å². The van der Waals surface area contributed by atoms with E-state index in [1.165, 1.54) is 5.37 Å². The summed E-state index contributed by atoms with van der Waals surface area (Å²) in [6, 6.07) is 3.46. The van der Waals surface area contributed by atoms with Crippen molar-refractivity contribution in [3.05, 3.63) is 30.1 Å². The molecule has 1 aromatic rings. The molecule has 3 heteroatoms. The molecule has 1 heterocycles. The van der Waals surface area contributed by atoms with Gasteiger partial charge in [-0.1, -0.05) is 12.2 Å². The van der Waals surface area contributed by atoms with E-state index in [4.69, 9.17) is 5.11 Å². The zero-order valence-corrected chi connectivity index (χ0v) is 6.08. The van der Waals surface area contributed by atoms with Gasteiger partial charge in [0.15, 0.2) is 0 Å². The Labute approximate surface area is 64.5 Å². The first-order valence-electron chi connectivity index (χ1n) is 2.88. The molecule has 0 fully saturated rings. The van der Waals surface area contributed by atoms with E-state index in [-0.39, 0.29) is 0 Å². The van der Waals surface area contributed by atoms with Gasteiger partial charge in [0.25, 0.3) is 0 Å². The standard InChI is InChI=1S/C7H7NOS/c9-7(5-10)6-1-3-8-4-2-6/h1-5,7,9H. The van der Waals surface area contributed by atoms with E-state index in [9.17, 15) is 0 Å². The number of pyridine rings is 1. The maximum absolute atomic E-state index is 9.14. The van der Waals surface area contributed by atoms with Crippen molar-refractivity contribution in [2.75, 3.05) is 0 Å². The third kappa shape index (κ3) is 1.59. The third-order valence-electron chi connectivity index (χ3n) is 1.18. The van der Waals surface area contributed by atoms with Crippen LogP contribution in [-0.4, -0.2) is 15.5 Å². The van der Waals surface area contributed by atoms with Gasteiger partial charge < -0.3 is 5.11 Å². The van der Waals surface area contributed by atoms with Crippen molar-refractivity contribution >= 4 is 17.6 Å². The van der Waals surface area contributed by atoms with Crippen LogP contribution in [0.25, 0.3) is 0 Å². The van der Waals surface area contributed by atoms with E-state index in [1.54, 1.807) is 24.5 Å². The summed E-state index contributed by atoms with van der Waals surface area (Å²) in [6.07, 6.45) is 2.60. The van der Waals surface area contributed by atoms with E-state index < -0.39 is 6.10 Å². The maximum Gasteiger partial charge on any atom is 0.107 e. The molecule has 0 spiro atoms. The average Bonchev–Trinajstić information content (AvgIpc) is 2.05. The Morgan fingerprint density at radius 1 is 1.50 bits per heavy atom.